The summed E-state index contributed by atoms with van der Waals surface area (Å²) >= 11 is 0. The molecule has 0 aliphatic heterocycles. The Morgan fingerprint density at radius 1 is 0.386 bits per heavy atom. The first-order valence-electron chi connectivity index (χ1n) is 12.1. The van der Waals surface area contributed by atoms with Gasteiger partial charge in [-0.2, -0.15) is 52.7 Å². The Morgan fingerprint density at radius 2 is 0.636 bits per heavy atom. The van der Waals surface area contributed by atoms with Crippen molar-refractivity contribution < 1.29 is 62.9 Å². The maximum Gasteiger partial charge on any atom is 0.430 e. The average molecular weight is 640 g/mol. The highest BCUT2D eigenvalue weighted by Crippen LogP contribution is 2.55. The number of rotatable bonds is 2. The standard InChI is InChI=1S/C28H16F12N2O2/c29-25(30,31)23(43,26(32,33)34)21-17-9-15-8-16-10-18-12(6-14(16)7-13(15)5-11(17)1-3-19(21)41)2-4-20(42)22(18)24(44,27(35,36)37)28(38,39)40/h1-10,43-44H,41-42H2. The van der Waals surface area contributed by atoms with Crippen molar-refractivity contribution in [3.8, 4) is 0 Å². The number of anilines is 2. The molecule has 0 radical (unpaired) electrons. The van der Waals surface area contributed by atoms with Crippen LogP contribution in [0.25, 0.3) is 43.1 Å². The molecule has 6 N–H and O–H groups in total. The quantitative estimate of drug-likeness (QED) is 0.0892. The average Bonchev–Trinajstić information content (AvgIpc) is 2.86. The Morgan fingerprint density at radius 3 is 0.909 bits per heavy atom. The molecule has 0 heterocycles. The van der Waals surface area contributed by atoms with Crippen LogP contribution in [0.2, 0.25) is 0 Å². The van der Waals surface area contributed by atoms with Gasteiger partial charge in [-0.05, 0) is 91.6 Å². The molecule has 0 saturated carbocycles. The first kappa shape index (κ1) is 31.3. The van der Waals surface area contributed by atoms with Gasteiger partial charge >= 0.3 is 24.7 Å². The van der Waals surface area contributed by atoms with Crippen molar-refractivity contribution >= 4 is 54.5 Å². The zero-order valence-corrected chi connectivity index (χ0v) is 21.4. The number of fused-ring (bicyclic) bond motifs is 4. The normalized spacial score (nSPS) is 14.3. The summed E-state index contributed by atoms with van der Waals surface area (Å²) in [5.41, 5.74) is -5.31. The summed E-state index contributed by atoms with van der Waals surface area (Å²) in [6.45, 7) is 0. The van der Waals surface area contributed by atoms with Gasteiger partial charge in [0.15, 0.2) is 0 Å². The van der Waals surface area contributed by atoms with E-state index in [9.17, 15) is 62.9 Å². The van der Waals surface area contributed by atoms with Crippen LogP contribution in [0.15, 0.2) is 60.7 Å². The summed E-state index contributed by atoms with van der Waals surface area (Å²) in [6, 6.07) is 10.1. The summed E-state index contributed by atoms with van der Waals surface area (Å²) in [4.78, 5) is 0. The second kappa shape index (κ2) is 9.17. The number of hydrogen-bond donors (Lipinski definition) is 4. The molecule has 0 saturated heterocycles. The highest BCUT2D eigenvalue weighted by Gasteiger charge is 2.73. The summed E-state index contributed by atoms with van der Waals surface area (Å²) in [7, 11) is 0. The number of hydrogen-bond acceptors (Lipinski definition) is 4. The Bertz CT molecular complexity index is 1810. The van der Waals surface area contributed by atoms with E-state index in [1.165, 1.54) is 18.2 Å². The molecule has 5 aromatic rings. The lowest BCUT2D eigenvalue weighted by Gasteiger charge is -2.34. The van der Waals surface area contributed by atoms with Crippen molar-refractivity contribution in [3.63, 3.8) is 0 Å². The van der Waals surface area contributed by atoms with Gasteiger partial charge in [0.2, 0.25) is 0 Å². The van der Waals surface area contributed by atoms with E-state index in [2.05, 4.69) is 0 Å². The predicted octanol–water partition coefficient (Wildman–Crippen LogP) is 8.09. The molecule has 0 aliphatic rings. The third-order valence-electron chi connectivity index (χ3n) is 7.50. The fourth-order valence-corrected chi connectivity index (χ4v) is 5.38. The molecular weight excluding hydrogens is 624 g/mol. The minimum Gasteiger partial charge on any atom is -0.398 e. The van der Waals surface area contributed by atoms with Crippen molar-refractivity contribution in [1.29, 1.82) is 0 Å². The van der Waals surface area contributed by atoms with E-state index in [-0.39, 0.29) is 32.3 Å². The van der Waals surface area contributed by atoms with Gasteiger partial charge in [0.25, 0.3) is 11.2 Å². The van der Waals surface area contributed by atoms with E-state index in [0.29, 0.717) is 0 Å². The molecule has 0 bridgehead atoms. The zero-order chi connectivity index (χ0) is 33.0. The fourth-order valence-electron chi connectivity index (χ4n) is 5.38. The van der Waals surface area contributed by atoms with Crippen LogP contribution in [-0.4, -0.2) is 34.9 Å². The molecule has 44 heavy (non-hydrogen) atoms. The number of halogens is 12. The topological polar surface area (TPSA) is 92.5 Å². The number of alkyl halides is 12. The first-order chi connectivity index (χ1) is 19.9. The molecular formula is C28H16F12N2O2. The van der Waals surface area contributed by atoms with Gasteiger partial charge in [0, 0.05) is 22.5 Å². The minimum atomic E-state index is -6.28. The Hall–Kier alpha value is -4.18. The maximum atomic E-state index is 13.8. The summed E-state index contributed by atoms with van der Waals surface area (Å²) in [6.07, 6.45) is -25.1. The molecule has 5 rings (SSSR count). The van der Waals surface area contributed by atoms with Crippen molar-refractivity contribution in [2.45, 2.75) is 35.9 Å². The van der Waals surface area contributed by atoms with Gasteiger partial charge in [-0.25, -0.2) is 0 Å². The van der Waals surface area contributed by atoms with E-state index in [1.807, 2.05) is 0 Å². The molecule has 234 valence electrons. The summed E-state index contributed by atoms with van der Waals surface area (Å²) in [5.74, 6) is 0. The van der Waals surface area contributed by atoms with Gasteiger partial charge < -0.3 is 21.7 Å². The van der Waals surface area contributed by atoms with Crippen LogP contribution < -0.4 is 11.5 Å². The van der Waals surface area contributed by atoms with Crippen LogP contribution in [-0.2, 0) is 11.2 Å². The summed E-state index contributed by atoms with van der Waals surface area (Å²) < 4.78 is 165. The van der Waals surface area contributed by atoms with E-state index < -0.39 is 69.2 Å². The van der Waals surface area contributed by atoms with Gasteiger partial charge in [-0.1, -0.05) is 12.1 Å². The first-order valence-corrected chi connectivity index (χ1v) is 12.1. The van der Waals surface area contributed by atoms with Crippen LogP contribution >= 0.6 is 0 Å². The second-order valence-corrected chi connectivity index (χ2v) is 10.2. The number of benzene rings is 5. The van der Waals surface area contributed by atoms with Crippen molar-refractivity contribution in [2.75, 3.05) is 11.5 Å². The molecule has 0 atom stereocenters. The molecule has 0 amide bonds. The predicted molar refractivity (Wildman–Crippen MR) is 137 cm³/mol. The molecule has 0 fully saturated rings. The Kier molecular flexibility index (Phi) is 6.51. The van der Waals surface area contributed by atoms with E-state index in [1.54, 1.807) is 0 Å². The lowest BCUT2D eigenvalue weighted by atomic mass is 9.84. The van der Waals surface area contributed by atoms with Gasteiger partial charge in [0.05, 0.1) is 0 Å². The van der Waals surface area contributed by atoms with Crippen molar-refractivity contribution in [3.05, 3.63) is 71.8 Å². The van der Waals surface area contributed by atoms with E-state index in [4.69, 9.17) is 11.5 Å². The van der Waals surface area contributed by atoms with Crippen LogP contribution in [0.3, 0.4) is 0 Å². The van der Waals surface area contributed by atoms with Gasteiger partial charge in [-0.3, -0.25) is 0 Å². The number of aliphatic hydroxyl groups is 2. The van der Waals surface area contributed by atoms with Crippen LogP contribution in [0.5, 0.6) is 0 Å². The maximum absolute atomic E-state index is 13.8. The number of nitrogen functional groups attached to an aromatic ring is 2. The smallest absolute Gasteiger partial charge is 0.398 e. The molecule has 0 spiro atoms. The summed E-state index contributed by atoms with van der Waals surface area (Å²) in [5, 5.41) is 18.4. The van der Waals surface area contributed by atoms with Crippen LogP contribution in [0.4, 0.5) is 64.1 Å². The van der Waals surface area contributed by atoms with Crippen molar-refractivity contribution in [1.82, 2.24) is 0 Å². The molecule has 0 aliphatic carbocycles. The highest BCUT2D eigenvalue weighted by molar-refractivity contribution is 6.10. The van der Waals surface area contributed by atoms with Gasteiger partial charge in [-0.15, -0.1) is 0 Å². The lowest BCUT2D eigenvalue weighted by molar-refractivity contribution is -0.376. The van der Waals surface area contributed by atoms with Crippen LogP contribution in [0.1, 0.15) is 11.1 Å². The Balaban J connectivity index is 1.88. The molecule has 4 nitrogen and oxygen atoms in total. The lowest BCUT2D eigenvalue weighted by Crippen LogP contribution is -2.54. The second-order valence-electron chi connectivity index (χ2n) is 10.2. The minimum absolute atomic E-state index is 0.116. The van der Waals surface area contributed by atoms with E-state index in [0.717, 1.165) is 42.5 Å². The molecule has 0 unspecified atom stereocenters. The third-order valence-corrected chi connectivity index (χ3v) is 7.50. The third kappa shape index (κ3) is 4.25. The molecule has 5 aromatic carbocycles. The highest BCUT2D eigenvalue weighted by atomic mass is 19.4. The van der Waals surface area contributed by atoms with E-state index >= 15 is 0 Å². The molecule has 16 heteroatoms. The fraction of sp³-hybridized carbons (Fsp3) is 0.214. The van der Waals surface area contributed by atoms with Crippen molar-refractivity contribution in [2.24, 2.45) is 0 Å². The SMILES string of the molecule is Nc1ccc2cc3cc4cc5ccc(N)c(C(O)(C(F)(F)F)C(F)(F)F)c5cc4cc3cc2c1C(O)(C(F)(F)F)C(F)(F)F. The number of nitrogens with two attached hydrogens (primary N) is 2. The molecule has 0 aromatic heterocycles. The van der Waals surface area contributed by atoms with Crippen LogP contribution in [0, 0.1) is 0 Å². The largest absolute Gasteiger partial charge is 0.430 e. The monoisotopic (exact) mass is 640 g/mol. The zero-order valence-electron chi connectivity index (χ0n) is 21.4. The van der Waals surface area contributed by atoms with Gasteiger partial charge in [0.1, 0.15) is 0 Å². The Labute approximate surface area is 237 Å².